The molecule has 1 aliphatic heterocycles. The predicted molar refractivity (Wildman–Crippen MR) is 167 cm³/mol. The minimum Gasteiger partial charge on any atom is -0.479 e. The number of carbonyl (C=O) groups is 2. The summed E-state index contributed by atoms with van der Waals surface area (Å²) < 4.78 is 44.2. The summed E-state index contributed by atoms with van der Waals surface area (Å²) in [6.07, 6.45) is 1.45. The number of thiophene rings is 1. The molecule has 0 aliphatic carbocycles. The third-order valence-corrected chi connectivity index (χ3v) is 10.9. The van der Waals surface area contributed by atoms with Crippen LogP contribution in [0, 0.1) is 5.92 Å². The Morgan fingerprint density at radius 2 is 1.79 bits per heavy atom. The van der Waals surface area contributed by atoms with Crippen molar-refractivity contribution in [3.05, 3.63) is 63.9 Å². The second-order valence-electron chi connectivity index (χ2n) is 10.9. The lowest BCUT2D eigenvalue weighted by atomic mass is 9.97. The first-order valence-electron chi connectivity index (χ1n) is 13.5. The van der Waals surface area contributed by atoms with Gasteiger partial charge in [-0.1, -0.05) is 30.3 Å². The Labute approximate surface area is 259 Å². The van der Waals surface area contributed by atoms with Crippen molar-refractivity contribution in [2.45, 2.75) is 49.5 Å². The maximum absolute atomic E-state index is 13.8. The Morgan fingerprint density at radius 3 is 2.43 bits per heavy atom. The van der Waals surface area contributed by atoms with Gasteiger partial charge in [0, 0.05) is 5.69 Å². The molecule has 0 amide bonds. The molecule has 2 heterocycles. The maximum Gasteiger partial charge on any atom is 0.351 e. The van der Waals surface area contributed by atoms with Gasteiger partial charge in [0.05, 0.1) is 21.4 Å². The van der Waals surface area contributed by atoms with E-state index in [4.69, 9.17) is 14.2 Å². The third-order valence-electron chi connectivity index (χ3n) is 6.59. The average molecular weight is 680 g/mol. The zero-order valence-corrected chi connectivity index (χ0v) is 27.2. The van der Waals surface area contributed by atoms with Crippen LogP contribution in [-0.4, -0.2) is 58.1 Å². The highest BCUT2D eigenvalue weighted by atomic mass is 79.9. The van der Waals surface area contributed by atoms with E-state index < -0.39 is 39.4 Å². The number of carbonyl (C=O) groups excluding carboxylic acids is 2. The first kappa shape index (κ1) is 32.0. The van der Waals surface area contributed by atoms with Gasteiger partial charge in [0.1, 0.15) is 11.0 Å². The molecule has 0 radical (unpaired) electrons. The number of sulfone groups is 1. The molecule has 1 unspecified atom stereocenters. The number of rotatable bonds is 10. The van der Waals surface area contributed by atoms with Gasteiger partial charge in [0.2, 0.25) is 0 Å². The van der Waals surface area contributed by atoms with Crippen LogP contribution in [0.25, 0.3) is 10.4 Å². The largest absolute Gasteiger partial charge is 0.479 e. The summed E-state index contributed by atoms with van der Waals surface area (Å²) in [4.78, 5) is 26.0. The lowest BCUT2D eigenvalue weighted by Gasteiger charge is -2.32. The highest BCUT2D eigenvalue weighted by Crippen LogP contribution is 2.46. The summed E-state index contributed by atoms with van der Waals surface area (Å²) >= 11 is 4.69. The Hall–Kier alpha value is -2.93. The number of benzene rings is 2. The van der Waals surface area contributed by atoms with E-state index >= 15 is 0 Å². The summed E-state index contributed by atoms with van der Waals surface area (Å²) in [7, 11) is -2.43. The number of piperidine rings is 1. The fourth-order valence-corrected chi connectivity index (χ4v) is 8.57. The molecule has 1 aromatic heterocycles. The van der Waals surface area contributed by atoms with E-state index in [0.29, 0.717) is 15.0 Å². The molecule has 12 heteroatoms. The summed E-state index contributed by atoms with van der Waals surface area (Å²) in [5.74, 6) is -1.11. The van der Waals surface area contributed by atoms with E-state index in [1.807, 2.05) is 24.3 Å². The van der Waals surface area contributed by atoms with Gasteiger partial charge in [-0.3, -0.25) is 0 Å². The Bertz CT molecular complexity index is 1510. The predicted octanol–water partition coefficient (Wildman–Crippen LogP) is 5.90. The first-order valence-corrected chi connectivity index (χ1v) is 16.7. The van der Waals surface area contributed by atoms with Crippen molar-refractivity contribution in [3.8, 4) is 16.2 Å². The van der Waals surface area contributed by atoms with Gasteiger partial charge >= 0.3 is 11.9 Å². The van der Waals surface area contributed by atoms with Crippen LogP contribution >= 0.6 is 27.3 Å². The normalized spacial score (nSPS) is 15.1. The summed E-state index contributed by atoms with van der Waals surface area (Å²) in [6, 6.07) is 15.8. The van der Waals surface area contributed by atoms with Crippen LogP contribution in [0.15, 0.2) is 64.0 Å². The number of esters is 2. The number of nitrogens with one attached hydrogen (secondary N) is 2. The second kappa shape index (κ2) is 13.6. The van der Waals surface area contributed by atoms with Gasteiger partial charge in [-0.2, -0.15) is 0 Å². The number of halogens is 1. The van der Waals surface area contributed by atoms with Gasteiger partial charge < -0.3 is 24.8 Å². The van der Waals surface area contributed by atoms with E-state index in [0.717, 1.165) is 42.8 Å². The number of hydrogen-bond acceptors (Lipinski definition) is 10. The number of ether oxygens (including phenoxy) is 3. The molecule has 0 saturated carbocycles. The molecule has 3 aromatic rings. The van der Waals surface area contributed by atoms with Crippen LogP contribution in [0.1, 0.15) is 43.3 Å². The second-order valence-corrected chi connectivity index (χ2v) is 14.7. The topological polar surface area (TPSA) is 120 Å². The van der Waals surface area contributed by atoms with Crippen LogP contribution in [0.4, 0.5) is 5.69 Å². The highest BCUT2D eigenvalue weighted by molar-refractivity contribution is 9.10. The molecule has 1 atom stereocenters. The summed E-state index contributed by atoms with van der Waals surface area (Å²) in [5.41, 5.74) is 0.651. The highest BCUT2D eigenvalue weighted by Gasteiger charge is 2.35. The molecular weight excluding hydrogens is 644 g/mol. The fraction of sp³-hybridized carbons (Fsp3) is 0.400. The van der Waals surface area contributed by atoms with Crippen molar-refractivity contribution >= 4 is 54.7 Å². The maximum atomic E-state index is 13.8. The van der Waals surface area contributed by atoms with Crippen LogP contribution in [0.5, 0.6) is 5.75 Å². The molecule has 2 aromatic carbocycles. The van der Waals surface area contributed by atoms with E-state index in [1.165, 1.54) is 7.11 Å². The van der Waals surface area contributed by atoms with Gasteiger partial charge in [0.25, 0.3) is 0 Å². The van der Waals surface area contributed by atoms with Crippen LogP contribution in [0.3, 0.4) is 0 Å². The molecule has 1 fully saturated rings. The molecule has 4 rings (SSSR count). The zero-order chi connectivity index (χ0) is 30.5. The Balaban J connectivity index is 1.66. The van der Waals surface area contributed by atoms with Gasteiger partial charge in [0.15, 0.2) is 27.1 Å². The standard InChI is InChI=1S/C30H35BrN2O7S2/c1-30(2,3)40-23(34)18-39-25-24(31)26(41-27(25)29(35)38-4)20-9-8-10-21(17-20)33-28(19-13-15-32-16-14-19)42(36,37)22-11-6-5-7-12-22/h5-12,17,19,28,32-33H,13-16,18H2,1-4H3. The molecule has 1 aliphatic rings. The Morgan fingerprint density at radius 1 is 1.10 bits per heavy atom. The van der Waals surface area contributed by atoms with Crippen molar-refractivity contribution in [1.82, 2.24) is 5.32 Å². The monoisotopic (exact) mass is 678 g/mol. The van der Waals surface area contributed by atoms with E-state index in [-0.39, 0.29) is 21.4 Å². The molecule has 1 saturated heterocycles. The first-order chi connectivity index (χ1) is 19.9. The smallest absolute Gasteiger partial charge is 0.351 e. The van der Waals surface area contributed by atoms with Gasteiger partial charge in [-0.05, 0) is 98.4 Å². The van der Waals surface area contributed by atoms with Crippen molar-refractivity contribution in [2.75, 3.05) is 32.1 Å². The quantitative estimate of drug-likeness (QED) is 0.253. The molecule has 9 nitrogen and oxygen atoms in total. The molecular formula is C30H35BrN2O7S2. The number of hydrogen-bond donors (Lipinski definition) is 2. The minimum absolute atomic E-state index is 0.0904. The third kappa shape index (κ3) is 7.71. The fourth-order valence-electron chi connectivity index (χ4n) is 4.71. The van der Waals surface area contributed by atoms with Crippen molar-refractivity contribution in [1.29, 1.82) is 0 Å². The Kier molecular flexibility index (Phi) is 10.3. The van der Waals surface area contributed by atoms with E-state index in [1.54, 1.807) is 51.1 Å². The van der Waals surface area contributed by atoms with Crippen LogP contribution in [0.2, 0.25) is 0 Å². The van der Waals surface area contributed by atoms with Crippen molar-refractivity contribution < 1.29 is 32.2 Å². The molecule has 42 heavy (non-hydrogen) atoms. The molecule has 0 bridgehead atoms. The van der Waals surface area contributed by atoms with E-state index in [2.05, 4.69) is 26.6 Å². The lowest BCUT2D eigenvalue weighted by molar-refractivity contribution is -0.157. The van der Waals surface area contributed by atoms with Gasteiger partial charge in [-0.25, -0.2) is 18.0 Å². The molecule has 2 N–H and O–H groups in total. The van der Waals surface area contributed by atoms with Crippen molar-refractivity contribution in [3.63, 3.8) is 0 Å². The zero-order valence-electron chi connectivity index (χ0n) is 23.9. The molecule has 0 spiro atoms. The van der Waals surface area contributed by atoms with Crippen LogP contribution < -0.4 is 15.4 Å². The number of anilines is 1. The van der Waals surface area contributed by atoms with Crippen LogP contribution in [-0.2, 0) is 24.1 Å². The minimum atomic E-state index is -3.70. The number of methoxy groups -OCH3 is 1. The van der Waals surface area contributed by atoms with Crippen molar-refractivity contribution in [2.24, 2.45) is 5.92 Å². The van der Waals surface area contributed by atoms with Gasteiger partial charge in [-0.15, -0.1) is 11.3 Å². The SMILES string of the molecule is COC(=O)c1sc(-c2cccc(NC(C3CCNCC3)S(=O)(=O)c3ccccc3)c2)c(Br)c1OCC(=O)OC(C)(C)C. The summed E-state index contributed by atoms with van der Waals surface area (Å²) in [6.45, 7) is 6.37. The summed E-state index contributed by atoms with van der Waals surface area (Å²) in [5, 5.41) is 5.80. The lowest BCUT2D eigenvalue weighted by Crippen LogP contribution is -2.42. The molecule has 226 valence electrons. The van der Waals surface area contributed by atoms with E-state index in [9.17, 15) is 18.0 Å². The average Bonchev–Trinajstić information content (AvgIpc) is 3.30.